The lowest BCUT2D eigenvalue weighted by molar-refractivity contribution is 0.0535. The second kappa shape index (κ2) is 9.81. The molecule has 3 heterocycles. The van der Waals surface area contributed by atoms with E-state index < -0.39 is 0 Å². The van der Waals surface area contributed by atoms with E-state index in [9.17, 15) is 9.59 Å². The van der Waals surface area contributed by atoms with Crippen LogP contribution in [0.5, 0.6) is 0 Å². The van der Waals surface area contributed by atoms with Gasteiger partial charge < -0.3 is 18.6 Å². The predicted molar refractivity (Wildman–Crippen MR) is 151 cm³/mol. The first-order chi connectivity index (χ1) is 19.6. The number of hydrogen-bond acceptors (Lipinski definition) is 6. The molecule has 0 N–H and O–H groups in total. The summed E-state index contributed by atoms with van der Waals surface area (Å²) in [5.41, 5.74) is 5.56. The summed E-state index contributed by atoms with van der Waals surface area (Å²) in [5.74, 6) is 0.795. The van der Waals surface area contributed by atoms with Crippen LogP contribution in [0, 0.1) is 0 Å². The van der Waals surface area contributed by atoms with Crippen LogP contribution in [0.1, 0.15) is 20.7 Å². The Bertz CT molecular complexity index is 1680. The summed E-state index contributed by atoms with van der Waals surface area (Å²) in [7, 11) is 0. The Morgan fingerprint density at radius 1 is 0.550 bits per heavy atom. The molecule has 8 nitrogen and oxygen atoms in total. The van der Waals surface area contributed by atoms with Crippen molar-refractivity contribution >= 4 is 34.0 Å². The number of benzene rings is 4. The number of oxazole rings is 2. The SMILES string of the molecule is O=C(c1cccc(-c2nc3ccccc3o2)c1)N1CCN(C(=O)c2cccc(-c3nc4ccccc4o3)c2)CC1. The molecule has 4 aromatic carbocycles. The fourth-order valence-electron chi connectivity index (χ4n) is 5.04. The number of nitrogens with zero attached hydrogens (tertiary/aromatic N) is 4. The molecule has 2 amide bonds. The number of aromatic nitrogens is 2. The molecule has 1 saturated heterocycles. The molecule has 40 heavy (non-hydrogen) atoms. The van der Waals surface area contributed by atoms with Crippen molar-refractivity contribution in [2.24, 2.45) is 0 Å². The van der Waals surface area contributed by atoms with Gasteiger partial charge in [0.1, 0.15) is 11.0 Å². The standard InChI is InChI=1S/C32H24N4O4/c37-31(23-9-5-7-21(19-23)29-33-25-11-1-3-13-27(25)39-29)35-15-17-36(18-16-35)32(38)24-10-6-8-22(20-24)30-34-26-12-2-4-14-28(26)40-30/h1-14,19-20H,15-18H2. The largest absolute Gasteiger partial charge is 0.436 e. The maximum Gasteiger partial charge on any atom is 0.253 e. The van der Waals surface area contributed by atoms with Crippen LogP contribution >= 0.6 is 0 Å². The van der Waals surface area contributed by atoms with Crippen LogP contribution in [-0.4, -0.2) is 57.8 Å². The van der Waals surface area contributed by atoms with Gasteiger partial charge in [0.15, 0.2) is 11.2 Å². The molecular formula is C32H24N4O4. The van der Waals surface area contributed by atoms with Crippen molar-refractivity contribution in [1.82, 2.24) is 19.8 Å². The number of carbonyl (C=O) groups is 2. The summed E-state index contributed by atoms with van der Waals surface area (Å²) in [6.45, 7) is 1.79. The minimum atomic E-state index is -0.0805. The molecule has 0 atom stereocenters. The van der Waals surface area contributed by atoms with Gasteiger partial charge in [0, 0.05) is 48.4 Å². The zero-order chi connectivity index (χ0) is 27.1. The van der Waals surface area contributed by atoms with E-state index >= 15 is 0 Å². The molecule has 0 aliphatic carbocycles. The smallest absolute Gasteiger partial charge is 0.253 e. The summed E-state index contributed by atoms with van der Waals surface area (Å²) in [5, 5.41) is 0. The van der Waals surface area contributed by atoms with E-state index in [1.54, 1.807) is 21.9 Å². The van der Waals surface area contributed by atoms with Gasteiger partial charge in [-0.2, -0.15) is 0 Å². The molecule has 0 bridgehead atoms. The number of para-hydroxylation sites is 4. The van der Waals surface area contributed by atoms with E-state index in [2.05, 4.69) is 9.97 Å². The van der Waals surface area contributed by atoms with Crippen LogP contribution < -0.4 is 0 Å². The highest BCUT2D eigenvalue weighted by molar-refractivity contribution is 5.97. The summed E-state index contributed by atoms with van der Waals surface area (Å²) in [6, 6.07) is 29.8. The number of carbonyl (C=O) groups excluding carboxylic acids is 2. The number of hydrogen-bond donors (Lipinski definition) is 0. The van der Waals surface area contributed by atoms with E-state index in [1.165, 1.54) is 0 Å². The summed E-state index contributed by atoms with van der Waals surface area (Å²) < 4.78 is 11.8. The van der Waals surface area contributed by atoms with Gasteiger partial charge in [0.05, 0.1) is 0 Å². The first-order valence-corrected chi connectivity index (χ1v) is 13.1. The van der Waals surface area contributed by atoms with Gasteiger partial charge in [0.25, 0.3) is 11.8 Å². The zero-order valence-corrected chi connectivity index (χ0v) is 21.5. The molecule has 0 spiro atoms. The quantitative estimate of drug-likeness (QED) is 0.283. The molecule has 0 radical (unpaired) electrons. The first kappa shape index (κ1) is 23.8. The van der Waals surface area contributed by atoms with E-state index in [-0.39, 0.29) is 11.8 Å². The number of piperazine rings is 1. The third-order valence-corrected chi connectivity index (χ3v) is 7.15. The first-order valence-electron chi connectivity index (χ1n) is 13.1. The van der Waals surface area contributed by atoms with Crippen molar-refractivity contribution in [3.05, 3.63) is 108 Å². The average Bonchev–Trinajstić information content (AvgIpc) is 3.65. The normalized spacial score (nSPS) is 13.7. The van der Waals surface area contributed by atoms with Gasteiger partial charge in [-0.3, -0.25) is 9.59 Å². The van der Waals surface area contributed by atoms with Crippen molar-refractivity contribution < 1.29 is 18.4 Å². The Hall–Kier alpha value is -5.24. The predicted octanol–water partition coefficient (Wildman–Crippen LogP) is 5.90. The second-order valence-corrected chi connectivity index (χ2v) is 9.72. The van der Waals surface area contributed by atoms with Crippen molar-refractivity contribution in [2.45, 2.75) is 0 Å². The van der Waals surface area contributed by atoms with Crippen LogP contribution in [0.2, 0.25) is 0 Å². The Labute approximate surface area is 229 Å². The molecule has 8 heteroatoms. The Kier molecular flexibility index (Phi) is 5.85. The van der Waals surface area contributed by atoms with Gasteiger partial charge in [-0.25, -0.2) is 9.97 Å². The molecule has 1 aliphatic heterocycles. The van der Waals surface area contributed by atoms with Crippen molar-refractivity contribution in [3.63, 3.8) is 0 Å². The Morgan fingerprint density at radius 2 is 0.975 bits per heavy atom. The van der Waals surface area contributed by atoms with E-state index in [4.69, 9.17) is 8.83 Å². The molecule has 0 saturated carbocycles. The lowest BCUT2D eigenvalue weighted by Gasteiger charge is -2.35. The van der Waals surface area contributed by atoms with Gasteiger partial charge in [-0.15, -0.1) is 0 Å². The third-order valence-electron chi connectivity index (χ3n) is 7.15. The van der Waals surface area contributed by atoms with Crippen LogP contribution in [-0.2, 0) is 0 Å². The van der Waals surface area contributed by atoms with Crippen molar-refractivity contribution in [1.29, 1.82) is 0 Å². The molecule has 1 fully saturated rings. The highest BCUT2D eigenvalue weighted by Crippen LogP contribution is 2.27. The Morgan fingerprint density at radius 3 is 1.40 bits per heavy atom. The molecule has 1 aliphatic rings. The highest BCUT2D eigenvalue weighted by Gasteiger charge is 2.26. The third kappa shape index (κ3) is 4.39. The maximum absolute atomic E-state index is 13.3. The minimum Gasteiger partial charge on any atom is -0.436 e. The van der Waals surface area contributed by atoms with Crippen LogP contribution in [0.4, 0.5) is 0 Å². The molecule has 7 rings (SSSR count). The molecule has 6 aromatic rings. The average molecular weight is 529 g/mol. The molecule has 2 aromatic heterocycles. The van der Waals surface area contributed by atoms with E-state index in [1.807, 2.05) is 84.9 Å². The second-order valence-electron chi connectivity index (χ2n) is 9.72. The van der Waals surface area contributed by atoms with Gasteiger partial charge >= 0.3 is 0 Å². The summed E-state index contributed by atoms with van der Waals surface area (Å²) in [6.07, 6.45) is 0. The fraction of sp³-hybridized carbons (Fsp3) is 0.125. The van der Waals surface area contributed by atoms with E-state index in [0.717, 1.165) is 22.2 Å². The maximum atomic E-state index is 13.3. The van der Waals surface area contributed by atoms with Gasteiger partial charge in [0.2, 0.25) is 11.8 Å². The Balaban J connectivity index is 1.03. The lowest BCUT2D eigenvalue weighted by Crippen LogP contribution is -2.50. The van der Waals surface area contributed by atoms with Crippen LogP contribution in [0.3, 0.4) is 0 Å². The van der Waals surface area contributed by atoms with Gasteiger partial charge in [-0.05, 0) is 60.7 Å². The van der Waals surface area contributed by atoms with E-state index in [0.29, 0.717) is 60.3 Å². The van der Waals surface area contributed by atoms with Crippen molar-refractivity contribution in [3.8, 4) is 22.9 Å². The molecule has 196 valence electrons. The molecular weight excluding hydrogens is 504 g/mol. The minimum absolute atomic E-state index is 0.0805. The summed E-state index contributed by atoms with van der Waals surface area (Å²) >= 11 is 0. The molecule has 0 unspecified atom stereocenters. The zero-order valence-electron chi connectivity index (χ0n) is 21.5. The summed E-state index contributed by atoms with van der Waals surface area (Å²) in [4.78, 5) is 39.3. The fourth-order valence-corrected chi connectivity index (χ4v) is 5.04. The number of rotatable bonds is 4. The van der Waals surface area contributed by atoms with Crippen LogP contribution in [0.25, 0.3) is 45.1 Å². The number of fused-ring (bicyclic) bond motifs is 2. The van der Waals surface area contributed by atoms with Crippen LogP contribution in [0.15, 0.2) is 106 Å². The topological polar surface area (TPSA) is 92.7 Å². The highest BCUT2D eigenvalue weighted by atomic mass is 16.4. The lowest BCUT2D eigenvalue weighted by atomic mass is 10.1. The van der Waals surface area contributed by atoms with Crippen molar-refractivity contribution in [2.75, 3.05) is 26.2 Å². The van der Waals surface area contributed by atoms with Gasteiger partial charge in [-0.1, -0.05) is 36.4 Å². The monoisotopic (exact) mass is 528 g/mol. The number of amides is 2.